The summed E-state index contributed by atoms with van der Waals surface area (Å²) in [5, 5.41) is 5.61. The number of benzene rings is 2. The Hall–Kier alpha value is -3.25. The Morgan fingerprint density at radius 1 is 1.13 bits per heavy atom. The summed E-state index contributed by atoms with van der Waals surface area (Å²) in [5.41, 5.74) is 3.67. The summed E-state index contributed by atoms with van der Waals surface area (Å²) in [6, 6.07) is 17.5. The molecule has 0 aliphatic heterocycles. The highest BCUT2D eigenvalue weighted by molar-refractivity contribution is 7.10. The fourth-order valence-electron chi connectivity index (χ4n) is 3.53. The molecular formula is C24H23N3O2S. The maximum absolute atomic E-state index is 12.9. The highest BCUT2D eigenvalue weighted by atomic mass is 32.1. The van der Waals surface area contributed by atoms with E-state index in [0.717, 1.165) is 22.4 Å². The maximum atomic E-state index is 12.9. The molecule has 152 valence electrons. The number of hydrogen-bond donors (Lipinski definition) is 1. The number of nitrogens with one attached hydrogen (secondary N) is 1. The molecule has 0 fully saturated rings. The molecule has 0 spiro atoms. The van der Waals surface area contributed by atoms with E-state index in [1.165, 1.54) is 16.5 Å². The summed E-state index contributed by atoms with van der Waals surface area (Å²) in [7, 11) is 0. The van der Waals surface area contributed by atoms with Crippen molar-refractivity contribution < 1.29 is 4.79 Å². The number of amides is 1. The summed E-state index contributed by atoms with van der Waals surface area (Å²) in [4.78, 5) is 31.1. The number of fused-ring (bicyclic) bond motifs is 1. The lowest BCUT2D eigenvalue weighted by Crippen LogP contribution is -2.35. The quantitative estimate of drug-likeness (QED) is 0.510. The van der Waals surface area contributed by atoms with Gasteiger partial charge in [-0.2, -0.15) is 0 Å². The number of carbonyl (C=O) groups excluding carboxylic acids is 1. The first-order valence-electron chi connectivity index (χ1n) is 9.93. The van der Waals surface area contributed by atoms with Crippen LogP contribution in [0.25, 0.3) is 10.9 Å². The van der Waals surface area contributed by atoms with E-state index in [-0.39, 0.29) is 24.1 Å². The first kappa shape index (κ1) is 20.0. The van der Waals surface area contributed by atoms with E-state index in [1.807, 2.05) is 36.6 Å². The Balaban J connectivity index is 1.59. The summed E-state index contributed by atoms with van der Waals surface area (Å²) in [6.07, 6.45) is 2.42. The molecule has 0 radical (unpaired) electrons. The van der Waals surface area contributed by atoms with Crippen LogP contribution in [0.2, 0.25) is 0 Å². The van der Waals surface area contributed by atoms with E-state index in [1.54, 1.807) is 17.4 Å². The van der Waals surface area contributed by atoms with Gasteiger partial charge in [-0.3, -0.25) is 14.2 Å². The normalized spacial score (nSPS) is 12.1. The Morgan fingerprint density at radius 2 is 1.93 bits per heavy atom. The second-order valence-electron chi connectivity index (χ2n) is 7.26. The van der Waals surface area contributed by atoms with Crippen LogP contribution in [0.1, 0.15) is 34.5 Å². The van der Waals surface area contributed by atoms with E-state index >= 15 is 0 Å². The van der Waals surface area contributed by atoms with Crippen molar-refractivity contribution in [2.75, 3.05) is 0 Å². The van der Waals surface area contributed by atoms with E-state index in [4.69, 9.17) is 0 Å². The Bertz CT molecular complexity index is 1230. The van der Waals surface area contributed by atoms with Crippen molar-refractivity contribution in [3.63, 3.8) is 0 Å². The number of carbonyl (C=O) groups is 1. The molecule has 0 aliphatic carbocycles. The highest BCUT2D eigenvalue weighted by Crippen LogP contribution is 2.26. The average molecular weight is 418 g/mol. The Morgan fingerprint density at radius 3 is 2.63 bits per heavy atom. The molecule has 30 heavy (non-hydrogen) atoms. The summed E-state index contributed by atoms with van der Waals surface area (Å²) >= 11 is 1.60. The smallest absolute Gasteiger partial charge is 0.261 e. The molecule has 2 aromatic carbocycles. The van der Waals surface area contributed by atoms with Crippen LogP contribution in [0.3, 0.4) is 0 Å². The average Bonchev–Trinajstić information content (AvgIpc) is 3.29. The summed E-state index contributed by atoms with van der Waals surface area (Å²) in [5.74, 6) is -0.233. The van der Waals surface area contributed by atoms with Gasteiger partial charge in [0.1, 0.15) is 6.54 Å². The van der Waals surface area contributed by atoms with Crippen LogP contribution < -0.4 is 10.9 Å². The number of para-hydroxylation sites is 1. The molecular weight excluding hydrogens is 394 g/mol. The van der Waals surface area contributed by atoms with Crippen LogP contribution in [0, 0.1) is 6.92 Å². The lowest BCUT2D eigenvalue weighted by atomic mass is 10.0. The molecule has 0 bridgehead atoms. The third-order valence-corrected chi connectivity index (χ3v) is 6.16. The van der Waals surface area contributed by atoms with Gasteiger partial charge in [-0.15, -0.1) is 11.3 Å². The molecule has 0 unspecified atom stereocenters. The van der Waals surface area contributed by atoms with Crippen LogP contribution >= 0.6 is 11.3 Å². The third-order valence-electron chi connectivity index (χ3n) is 5.22. The van der Waals surface area contributed by atoms with Crippen molar-refractivity contribution in [1.29, 1.82) is 0 Å². The van der Waals surface area contributed by atoms with Gasteiger partial charge in [-0.05, 0) is 47.5 Å². The number of aryl methyl sites for hydroxylation is 2. The standard InChI is InChI=1S/C24H23N3O2S/c1-3-17-9-11-18(12-10-17)23(20-8-5-13-30-20)26-21(28)14-27-15-25-22-16(2)6-4-7-19(22)24(27)29/h4-13,15,23H,3,14H2,1-2H3,(H,26,28)/t23-/m0/s1. The largest absolute Gasteiger partial charge is 0.343 e. The van der Waals surface area contributed by atoms with Gasteiger partial charge in [0.25, 0.3) is 5.56 Å². The number of thiophene rings is 1. The van der Waals surface area contributed by atoms with Crippen molar-refractivity contribution in [1.82, 2.24) is 14.9 Å². The first-order chi connectivity index (χ1) is 14.6. The summed E-state index contributed by atoms with van der Waals surface area (Å²) < 4.78 is 1.36. The molecule has 4 rings (SSSR count). The summed E-state index contributed by atoms with van der Waals surface area (Å²) in [6.45, 7) is 3.95. The van der Waals surface area contributed by atoms with Crippen LogP contribution in [-0.2, 0) is 17.8 Å². The number of rotatable bonds is 6. The van der Waals surface area contributed by atoms with Gasteiger partial charge in [0, 0.05) is 4.88 Å². The zero-order valence-corrected chi connectivity index (χ0v) is 17.8. The molecule has 5 nitrogen and oxygen atoms in total. The van der Waals surface area contributed by atoms with E-state index < -0.39 is 0 Å². The van der Waals surface area contributed by atoms with Crippen LogP contribution in [0.15, 0.2) is 71.1 Å². The number of aromatic nitrogens is 2. The molecule has 0 aliphatic rings. The van der Waals surface area contributed by atoms with E-state index in [2.05, 4.69) is 41.5 Å². The molecule has 0 saturated heterocycles. The van der Waals surface area contributed by atoms with E-state index in [0.29, 0.717) is 10.9 Å². The van der Waals surface area contributed by atoms with Crippen LogP contribution in [-0.4, -0.2) is 15.5 Å². The molecule has 0 saturated carbocycles. The second-order valence-corrected chi connectivity index (χ2v) is 8.24. The van der Waals surface area contributed by atoms with Crippen LogP contribution in [0.4, 0.5) is 0 Å². The van der Waals surface area contributed by atoms with Gasteiger partial charge in [0.2, 0.25) is 5.91 Å². The zero-order chi connectivity index (χ0) is 21.1. The van der Waals surface area contributed by atoms with Gasteiger partial charge in [0.15, 0.2) is 0 Å². The van der Waals surface area contributed by atoms with Crippen molar-refractivity contribution >= 4 is 28.1 Å². The fraction of sp³-hybridized carbons (Fsp3) is 0.208. The topological polar surface area (TPSA) is 64.0 Å². The first-order valence-corrected chi connectivity index (χ1v) is 10.8. The van der Waals surface area contributed by atoms with Gasteiger partial charge in [-0.1, -0.05) is 49.4 Å². The minimum atomic E-state index is -0.255. The predicted molar refractivity (Wildman–Crippen MR) is 121 cm³/mol. The maximum Gasteiger partial charge on any atom is 0.261 e. The highest BCUT2D eigenvalue weighted by Gasteiger charge is 2.19. The second kappa shape index (κ2) is 8.63. The lowest BCUT2D eigenvalue weighted by Gasteiger charge is -2.19. The minimum Gasteiger partial charge on any atom is -0.343 e. The SMILES string of the molecule is CCc1ccc([C@H](NC(=O)Cn2cnc3c(C)cccc3c2=O)c2cccs2)cc1. The van der Waals surface area contributed by atoms with Crippen molar-refractivity contribution in [3.8, 4) is 0 Å². The molecule has 2 aromatic heterocycles. The number of nitrogens with zero attached hydrogens (tertiary/aromatic N) is 2. The van der Waals surface area contributed by atoms with Crippen molar-refractivity contribution in [3.05, 3.63) is 98.2 Å². The zero-order valence-electron chi connectivity index (χ0n) is 17.0. The molecule has 1 atom stereocenters. The fourth-order valence-corrected chi connectivity index (χ4v) is 4.33. The van der Waals surface area contributed by atoms with Crippen LogP contribution in [0.5, 0.6) is 0 Å². The molecule has 1 amide bonds. The van der Waals surface area contributed by atoms with Gasteiger partial charge >= 0.3 is 0 Å². The minimum absolute atomic E-state index is 0.0787. The third kappa shape index (κ3) is 4.04. The lowest BCUT2D eigenvalue weighted by molar-refractivity contribution is -0.122. The Kier molecular flexibility index (Phi) is 5.77. The Labute approximate surface area is 179 Å². The molecule has 1 N–H and O–H groups in total. The van der Waals surface area contributed by atoms with E-state index in [9.17, 15) is 9.59 Å². The number of hydrogen-bond acceptors (Lipinski definition) is 4. The van der Waals surface area contributed by atoms with Crippen molar-refractivity contribution in [2.45, 2.75) is 32.9 Å². The van der Waals surface area contributed by atoms with Gasteiger partial charge < -0.3 is 5.32 Å². The van der Waals surface area contributed by atoms with Gasteiger partial charge in [-0.25, -0.2) is 4.98 Å². The molecule has 2 heterocycles. The predicted octanol–water partition coefficient (Wildman–Crippen LogP) is 4.23. The molecule has 4 aromatic rings. The van der Waals surface area contributed by atoms with Gasteiger partial charge in [0.05, 0.1) is 23.3 Å². The van der Waals surface area contributed by atoms with Crippen molar-refractivity contribution in [2.24, 2.45) is 0 Å². The molecule has 6 heteroatoms. The monoisotopic (exact) mass is 417 g/mol.